The number of amides is 2. The van der Waals surface area contributed by atoms with Gasteiger partial charge < -0.3 is 15.4 Å². The normalized spacial score (nSPS) is 14.8. The Kier molecular flexibility index (Phi) is 6.06. The number of ether oxygens (including phenoxy) is 1. The molecule has 7 heteroatoms. The summed E-state index contributed by atoms with van der Waals surface area (Å²) >= 11 is 6.09. The van der Waals surface area contributed by atoms with E-state index in [-0.39, 0.29) is 22.2 Å². The van der Waals surface area contributed by atoms with Crippen LogP contribution in [0.2, 0.25) is 5.02 Å². The Hall–Kier alpha value is -2.08. The predicted octanol–water partition coefficient (Wildman–Crippen LogP) is 3.01. The molecule has 0 aromatic heterocycles. The first kappa shape index (κ1) is 19.2. The lowest BCUT2D eigenvalue weighted by Crippen LogP contribution is -2.40. The summed E-state index contributed by atoms with van der Waals surface area (Å²) in [6, 6.07) is 4.46. The maximum atomic E-state index is 12.6. The molecule has 136 valence electrons. The highest BCUT2D eigenvalue weighted by molar-refractivity contribution is 6.34. The first-order chi connectivity index (χ1) is 11.8. The van der Waals surface area contributed by atoms with Crippen molar-refractivity contribution >= 4 is 35.1 Å². The minimum absolute atomic E-state index is 0.258. The lowest BCUT2D eigenvalue weighted by atomic mass is 10.0. The second-order valence-corrected chi connectivity index (χ2v) is 7.07. The van der Waals surface area contributed by atoms with Crippen molar-refractivity contribution in [3.63, 3.8) is 0 Å². The van der Waals surface area contributed by atoms with Crippen molar-refractivity contribution < 1.29 is 19.1 Å². The van der Waals surface area contributed by atoms with Gasteiger partial charge in [-0.2, -0.15) is 0 Å². The van der Waals surface area contributed by atoms with Gasteiger partial charge in [-0.3, -0.25) is 9.59 Å². The zero-order valence-electron chi connectivity index (χ0n) is 14.6. The number of methoxy groups -OCH3 is 1. The monoisotopic (exact) mass is 366 g/mol. The summed E-state index contributed by atoms with van der Waals surface area (Å²) in [7, 11) is 1.27. The molecule has 1 saturated carbocycles. The first-order valence-electron chi connectivity index (χ1n) is 8.28. The van der Waals surface area contributed by atoms with Crippen LogP contribution >= 0.6 is 11.6 Å². The van der Waals surface area contributed by atoms with Crippen molar-refractivity contribution in [1.82, 2.24) is 5.32 Å². The Balaban J connectivity index is 2.06. The van der Waals surface area contributed by atoms with E-state index < -0.39 is 17.3 Å². The van der Waals surface area contributed by atoms with Gasteiger partial charge in [0.25, 0.3) is 0 Å². The maximum Gasteiger partial charge on any atom is 0.337 e. The Morgan fingerprint density at radius 1 is 1.24 bits per heavy atom. The van der Waals surface area contributed by atoms with Gasteiger partial charge in [-0.25, -0.2) is 4.79 Å². The Bertz CT molecular complexity index is 684. The average Bonchev–Trinajstić information content (AvgIpc) is 3.37. The largest absolute Gasteiger partial charge is 0.465 e. The van der Waals surface area contributed by atoms with E-state index in [2.05, 4.69) is 29.2 Å². The summed E-state index contributed by atoms with van der Waals surface area (Å²) in [5.74, 6) is -0.715. The number of nitrogens with one attached hydrogen (secondary N) is 2. The highest BCUT2D eigenvalue weighted by atomic mass is 35.5. The zero-order chi connectivity index (χ0) is 18.6. The van der Waals surface area contributed by atoms with E-state index in [0.717, 1.165) is 6.42 Å². The second-order valence-electron chi connectivity index (χ2n) is 6.66. The fraction of sp³-hybridized carbons (Fsp3) is 0.500. The van der Waals surface area contributed by atoms with Crippen LogP contribution in [0, 0.1) is 11.3 Å². The molecule has 1 aromatic carbocycles. The van der Waals surface area contributed by atoms with Crippen molar-refractivity contribution in [2.24, 2.45) is 11.3 Å². The van der Waals surface area contributed by atoms with Crippen LogP contribution in [-0.4, -0.2) is 31.4 Å². The van der Waals surface area contributed by atoms with Gasteiger partial charge in [-0.1, -0.05) is 25.4 Å². The van der Waals surface area contributed by atoms with Crippen molar-refractivity contribution in [1.29, 1.82) is 0 Å². The molecule has 0 aliphatic heterocycles. The van der Waals surface area contributed by atoms with E-state index in [1.165, 1.54) is 25.3 Å². The molecule has 2 N–H and O–H groups in total. The molecule has 0 saturated heterocycles. The van der Waals surface area contributed by atoms with Crippen LogP contribution in [0.5, 0.6) is 0 Å². The number of hydrogen-bond donors (Lipinski definition) is 2. The van der Waals surface area contributed by atoms with Crippen LogP contribution < -0.4 is 10.6 Å². The molecule has 0 heterocycles. The lowest BCUT2D eigenvalue weighted by molar-refractivity contribution is -0.134. The van der Waals surface area contributed by atoms with Crippen LogP contribution in [0.4, 0.5) is 5.69 Å². The third kappa shape index (κ3) is 4.51. The van der Waals surface area contributed by atoms with Crippen LogP contribution in [0.25, 0.3) is 0 Å². The SMILES string of the molecule is COC(=O)c1ccc(Cl)c(NC(=O)C2(C(=O)NCCC(C)C)CC2)c1. The van der Waals surface area contributed by atoms with Crippen molar-refractivity contribution in [3.8, 4) is 0 Å². The summed E-state index contributed by atoms with van der Waals surface area (Å²) in [6.07, 6.45) is 1.86. The van der Waals surface area contributed by atoms with Crippen molar-refractivity contribution in [2.75, 3.05) is 19.0 Å². The van der Waals surface area contributed by atoms with Gasteiger partial charge in [0.1, 0.15) is 5.41 Å². The molecule has 1 aliphatic carbocycles. The van der Waals surface area contributed by atoms with Gasteiger partial charge in [-0.05, 0) is 43.4 Å². The fourth-order valence-electron chi connectivity index (χ4n) is 2.43. The van der Waals surface area contributed by atoms with Gasteiger partial charge in [0, 0.05) is 6.54 Å². The number of esters is 1. The Morgan fingerprint density at radius 2 is 1.92 bits per heavy atom. The average molecular weight is 367 g/mol. The number of carbonyl (C=O) groups excluding carboxylic acids is 3. The molecule has 0 atom stereocenters. The minimum Gasteiger partial charge on any atom is -0.465 e. The molecule has 25 heavy (non-hydrogen) atoms. The van der Waals surface area contributed by atoms with Crippen LogP contribution in [0.1, 0.15) is 43.5 Å². The molecule has 1 aliphatic rings. The Labute approximate surface area is 152 Å². The first-order valence-corrected chi connectivity index (χ1v) is 8.65. The van der Waals surface area contributed by atoms with E-state index in [4.69, 9.17) is 11.6 Å². The standard InChI is InChI=1S/C18H23ClN2O4/c1-11(2)6-9-20-16(23)18(7-8-18)17(24)21-14-10-12(15(22)25-3)4-5-13(14)19/h4-5,10-11H,6-9H2,1-3H3,(H,20,23)(H,21,24). The molecule has 1 aromatic rings. The van der Waals surface area contributed by atoms with Crippen molar-refractivity contribution in [2.45, 2.75) is 33.1 Å². The minimum atomic E-state index is -1.04. The molecule has 0 spiro atoms. The van der Waals surface area contributed by atoms with Gasteiger partial charge in [0.2, 0.25) is 11.8 Å². The number of carbonyl (C=O) groups is 3. The van der Waals surface area contributed by atoms with Crippen molar-refractivity contribution in [3.05, 3.63) is 28.8 Å². The maximum absolute atomic E-state index is 12.6. The number of halogens is 1. The van der Waals surface area contributed by atoms with Gasteiger partial charge in [0.05, 0.1) is 23.4 Å². The van der Waals surface area contributed by atoms with E-state index in [9.17, 15) is 14.4 Å². The Morgan fingerprint density at radius 3 is 2.48 bits per heavy atom. The smallest absolute Gasteiger partial charge is 0.337 e. The number of rotatable bonds is 7. The molecular formula is C18H23ClN2O4. The van der Waals surface area contributed by atoms with Gasteiger partial charge >= 0.3 is 5.97 Å². The van der Waals surface area contributed by atoms with E-state index >= 15 is 0 Å². The molecule has 0 unspecified atom stereocenters. The summed E-state index contributed by atoms with van der Waals surface area (Å²) < 4.78 is 4.66. The highest BCUT2D eigenvalue weighted by Crippen LogP contribution is 2.47. The highest BCUT2D eigenvalue weighted by Gasteiger charge is 2.56. The van der Waals surface area contributed by atoms with Gasteiger partial charge in [0.15, 0.2) is 0 Å². The second kappa shape index (κ2) is 7.87. The summed E-state index contributed by atoms with van der Waals surface area (Å²) in [6.45, 7) is 4.69. The molecule has 6 nitrogen and oxygen atoms in total. The molecular weight excluding hydrogens is 344 g/mol. The summed E-state index contributed by atoms with van der Waals surface area (Å²) in [4.78, 5) is 36.6. The topological polar surface area (TPSA) is 84.5 Å². The number of benzene rings is 1. The van der Waals surface area contributed by atoms with Gasteiger partial charge in [-0.15, -0.1) is 0 Å². The van der Waals surface area contributed by atoms with E-state index in [1.54, 1.807) is 0 Å². The molecule has 2 rings (SSSR count). The molecule has 0 bridgehead atoms. The summed E-state index contributed by atoms with van der Waals surface area (Å²) in [5, 5.41) is 5.79. The molecule has 2 amide bonds. The zero-order valence-corrected chi connectivity index (χ0v) is 15.4. The van der Waals surface area contributed by atoms with Crippen LogP contribution in [0.3, 0.4) is 0 Å². The third-order valence-electron chi connectivity index (χ3n) is 4.26. The van der Waals surface area contributed by atoms with Crippen LogP contribution in [0.15, 0.2) is 18.2 Å². The third-order valence-corrected chi connectivity index (χ3v) is 4.59. The lowest BCUT2D eigenvalue weighted by Gasteiger charge is -2.17. The quantitative estimate of drug-likeness (QED) is 0.574. The fourth-order valence-corrected chi connectivity index (χ4v) is 2.60. The van der Waals surface area contributed by atoms with E-state index in [1.807, 2.05) is 0 Å². The number of hydrogen-bond acceptors (Lipinski definition) is 4. The predicted molar refractivity (Wildman–Crippen MR) is 95.6 cm³/mol. The molecule has 0 radical (unpaired) electrons. The van der Waals surface area contributed by atoms with E-state index in [0.29, 0.717) is 25.3 Å². The summed E-state index contributed by atoms with van der Waals surface area (Å²) in [5.41, 5.74) is -0.481. The van der Waals surface area contributed by atoms with Crippen LogP contribution in [-0.2, 0) is 14.3 Å². The number of anilines is 1. The molecule has 1 fully saturated rings.